The lowest BCUT2D eigenvalue weighted by Gasteiger charge is -2.21. The minimum absolute atomic E-state index is 0.0978. The van der Waals surface area contributed by atoms with E-state index in [-0.39, 0.29) is 18.7 Å². The molecule has 1 aromatic carbocycles. The quantitative estimate of drug-likeness (QED) is 0.404. The second kappa shape index (κ2) is 8.89. The molecule has 0 bridgehead atoms. The molecular formula is C18H18FN3O6. The van der Waals surface area contributed by atoms with Gasteiger partial charge in [0.2, 0.25) is 5.91 Å². The Morgan fingerprint density at radius 2 is 2.04 bits per heavy atom. The third-order valence-electron chi connectivity index (χ3n) is 3.99. The molecule has 9 nitrogen and oxygen atoms in total. The molecule has 0 N–H and O–H groups in total. The number of methoxy groups -OCH3 is 1. The number of hydrogen-bond donors (Lipinski definition) is 0. The van der Waals surface area contributed by atoms with Gasteiger partial charge in [0, 0.05) is 25.4 Å². The van der Waals surface area contributed by atoms with E-state index in [9.17, 15) is 28.9 Å². The first kappa shape index (κ1) is 20.7. The zero-order valence-electron chi connectivity index (χ0n) is 15.3. The fourth-order valence-electron chi connectivity index (χ4n) is 2.58. The third kappa shape index (κ3) is 4.78. The number of esters is 1. The number of carbonyl (C=O) groups is 2. The molecular weight excluding hydrogens is 373 g/mol. The number of hydrogen-bond acceptors (Lipinski definition) is 6. The van der Waals surface area contributed by atoms with Crippen LogP contribution in [0, 0.1) is 15.9 Å². The van der Waals surface area contributed by atoms with Gasteiger partial charge in [-0.25, -0.2) is 9.18 Å². The SMILES string of the molecule is CCN(Cc1cccc(F)c1)C(=O)Cn1cc(C(=O)OC)cc([N+](=O)[O-])c1=O. The number of nitrogens with zero attached hydrogens (tertiary/aromatic N) is 3. The van der Waals surface area contributed by atoms with Crippen molar-refractivity contribution in [2.45, 2.75) is 20.0 Å². The van der Waals surface area contributed by atoms with Crippen molar-refractivity contribution < 1.29 is 23.6 Å². The number of benzene rings is 1. The summed E-state index contributed by atoms with van der Waals surface area (Å²) in [4.78, 5) is 48.1. The molecule has 1 amide bonds. The largest absolute Gasteiger partial charge is 0.465 e. The van der Waals surface area contributed by atoms with Crippen molar-refractivity contribution in [3.8, 4) is 0 Å². The minimum atomic E-state index is -1.02. The van der Waals surface area contributed by atoms with E-state index in [2.05, 4.69) is 4.74 Å². The molecule has 0 aliphatic rings. The van der Waals surface area contributed by atoms with Crippen molar-refractivity contribution in [2.24, 2.45) is 0 Å². The van der Waals surface area contributed by atoms with Gasteiger partial charge in [-0.2, -0.15) is 0 Å². The van der Waals surface area contributed by atoms with Crippen molar-refractivity contribution in [1.82, 2.24) is 9.47 Å². The smallest absolute Gasteiger partial charge is 0.339 e. The van der Waals surface area contributed by atoms with Gasteiger partial charge in [-0.1, -0.05) is 12.1 Å². The van der Waals surface area contributed by atoms with E-state index < -0.39 is 40.4 Å². The molecule has 10 heteroatoms. The van der Waals surface area contributed by atoms with Crippen LogP contribution in [0.25, 0.3) is 0 Å². The summed E-state index contributed by atoms with van der Waals surface area (Å²) in [6.45, 7) is 1.55. The number of likely N-dealkylation sites (N-methyl/N-ethyl adjacent to an activating group) is 1. The van der Waals surface area contributed by atoms with Crippen LogP contribution >= 0.6 is 0 Å². The second-order valence-corrected chi connectivity index (χ2v) is 5.83. The predicted octanol–water partition coefficient (Wildman–Crippen LogP) is 1.73. The predicted molar refractivity (Wildman–Crippen MR) is 96.2 cm³/mol. The van der Waals surface area contributed by atoms with Crippen LogP contribution in [0.15, 0.2) is 41.3 Å². The van der Waals surface area contributed by atoms with Gasteiger partial charge >= 0.3 is 17.2 Å². The Hall–Kier alpha value is -3.56. The standard InChI is InChI=1S/C18H18FN3O6/c1-3-20(9-12-5-4-6-14(19)7-12)16(23)11-21-10-13(18(25)28-2)8-15(17(21)24)22(26)27/h4-8,10H,3,9,11H2,1-2H3. The molecule has 148 valence electrons. The highest BCUT2D eigenvalue weighted by Gasteiger charge is 2.22. The summed E-state index contributed by atoms with van der Waals surface area (Å²) in [7, 11) is 1.09. The molecule has 1 aromatic heterocycles. The molecule has 2 aromatic rings. The van der Waals surface area contributed by atoms with Crippen molar-refractivity contribution in [2.75, 3.05) is 13.7 Å². The molecule has 2 rings (SSSR count). The Morgan fingerprint density at radius 3 is 2.61 bits per heavy atom. The average molecular weight is 391 g/mol. The second-order valence-electron chi connectivity index (χ2n) is 5.83. The number of halogens is 1. The van der Waals surface area contributed by atoms with Gasteiger partial charge in [-0.05, 0) is 24.6 Å². The molecule has 0 aliphatic carbocycles. The fourth-order valence-corrected chi connectivity index (χ4v) is 2.58. The summed E-state index contributed by atoms with van der Waals surface area (Å²) in [5.41, 5.74) is -1.54. The molecule has 0 fully saturated rings. The molecule has 0 saturated heterocycles. The van der Waals surface area contributed by atoms with Crippen LogP contribution in [0.5, 0.6) is 0 Å². The topological polar surface area (TPSA) is 112 Å². The van der Waals surface area contributed by atoms with Gasteiger partial charge in [0.1, 0.15) is 12.4 Å². The Labute approximate surface area is 159 Å². The molecule has 0 atom stereocenters. The van der Waals surface area contributed by atoms with Crippen molar-refractivity contribution in [3.63, 3.8) is 0 Å². The Kier molecular flexibility index (Phi) is 6.59. The third-order valence-corrected chi connectivity index (χ3v) is 3.99. The first-order chi connectivity index (χ1) is 13.3. The summed E-state index contributed by atoms with van der Waals surface area (Å²) >= 11 is 0. The van der Waals surface area contributed by atoms with Gasteiger partial charge < -0.3 is 9.64 Å². The summed E-state index contributed by atoms with van der Waals surface area (Å²) < 4.78 is 18.7. The van der Waals surface area contributed by atoms with E-state index in [1.165, 1.54) is 23.1 Å². The maximum atomic E-state index is 13.3. The van der Waals surface area contributed by atoms with Crippen molar-refractivity contribution in [3.05, 3.63) is 73.9 Å². The van der Waals surface area contributed by atoms with E-state index in [4.69, 9.17) is 0 Å². The Bertz CT molecular complexity index is 972. The zero-order chi connectivity index (χ0) is 20.8. The highest BCUT2D eigenvalue weighted by molar-refractivity contribution is 5.89. The van der Waals surface area contributed by atoms with E-state index in [0.29, 0.717) is 5.56 Å². The molecule has 28 heavy (non-hydrogen) atoms. The number of pyridine rings is 1. The van der Waals surface area contributed by atoms with Gasteiger partial charge in [0.15, 0.2) is 0 Å². The zero-order valence-corrected chi connectivity index (χ0v) is 15.3. The summed E-state index contributed by atoms with van der Waals surface area (Å²) in [5.74, 6) is -1.85. The molecule has 0 aliphatic heterocycles. The van der Waals surface area contributed by atoms with Gasteiger partial charge in [0.05, 0.1) is 17.6 Å². The molecule has 0 unspecified atom stereocenters. The Morgan fingerprint density at radius 1 is 1.32 bits per heavy atom. The lowest BCUT2D eigenvalue weighted by atomic mass is 10.2. The summed E-state index contributed by atoms with van der Waals surface area (Å²) in [6, 6.07) is 6.52. The molecule has 0 radical (unpaired) electrons. The van der Waals surface area contributed by atoms with E-state index in [1.807, 2.05) is 0 Å². The van der Waals surface area contributed by atoms with E-state index >= 15 is 0 Å². The maximum Gasteiger partial charge on any atom is 0.339 e. The first-order valence-electron chi connectivity index (χ1n) is 8.26. The van der Waals surface area contributed by atoms with Crippen molar-refractivity contribution >= 4 is 17.6 Å². The van der Waals surface area contributed by atoms with E-state index in [1.54, 1.807) is 13.0 Å². The lowest BCUT2D eigenvalue weighted by Crippen LogP contribution is -2.36. The minimum Gasteiger partial charge on any atom is -0.465 e. The molecule has 0 spiro atoms. The van der Waals surface area contributed by atoms with Crippen LogP contribution in [0.2, 0.25) is 0 Å². The van der Waals surface area contributed by atoms with Crippen LogP contribution < -0.4 is 5.56 Å². The van der Waals surface area contributed by atoms with Crippen LogP contribution in [-0.2, 0) is 22.6 Å². The van der Waals surface area contributed by atoms with Gasteiger partial charge in [-0.15, -0.1) is 0 Å². The van der Waals surface area contributed by atoms with Gasteiger partial charge in [0.25, 0.3) is 0 Å². The first-order valence-corrected chi connectivity index (χ1v) is 8.26. The van der Waals surface area contributed by atoms with Crippen LogP contribution in [-0.4, -0.2) is 39.9 Å². The number of carbonyl (C=O) groups excluding carboxylic acids is 2. The fraction of sp³-hybridized carbons (Fsp3) is 0.278. The van der Waals surface area contributed by atoms with Crippen LogP contribution in [0.3, 0.4) is 0 Å². The molecule has 0 saturated carbocycles. The Balaban J connectivity index is 2.32. The molecule has 1 heterocycles. The average Bonchev–Trinajstić information content (AvgIpc) is 2.66. The highest BCUT2D eigenvalue weighted by Crippen LogP contribution is 2.11. The summed E-state index contributed by atoms with van der Waals surface area (Å²) in [5, 5.41) is 11.1. The lowest BCUT2D eigenvalue weighted by molar-refractivity contribution is -0.386. The number of ether oxygens (including phenoxy) is 1. The highest BCUT2D eigenvalue weighted by atomic mass is 19.1. The monoisotopic (exact) mass is 391 g/mol. The maximum absolute atomic E-state index is 13.3. The van der Waals surface area contributed by atoms with Crippen LogP contribution in [0.4, 0.5) is 10.1 Å². The number of nitro groups is 1. The van der Waals surface area contributed by atoms with E-state index in [0.717, 1.165) is 23.9 Å². The normalized spacial score (nSPS) is 10.4. The van der Waals surface area contributed by atoms with Gasteiger partial charge in [-0.3, -0.25) is 24.3 Å². The number of rotatable bonds is 7. The number of aromatic nitrogens is 1. The number of amides is 1. The summed E-state index contributed by atoms with van der Waals surface area (Å²) in [6.07, 6.45) is 1.04. The van der Waals surface area contributed by atoms with Crippen LogP contribution in [0.1, 0.15) is 22.8 Å². The van der Waals surface area contributed by atoms with Crippen molar-refractivity contribution in [1.29, 1.82) is 0 Å².